The summed E-state index contributed by atoms with van der Waals surface area (Å²) in [7, 11) is 0. The molecule has 15 heavy (non-hydrogen) atoms. The first-order chi connectivity index (χ1) is 7.25. The fourth-order valence-electron chi connectivity index (χ4n) is 1.24. The van der Waals surface area contributed by atoms with E-state index in [1.165, 1.54) is 6.39 Å². The number of aromatic nitrogens is 2. The zero-order valence-corrected chi connectivity index (χ0v) is 8.73. The Morgan fingerprint density at radius 3 is 2.93 bits per heavy atom. The van der Waals surface area contributed by atoms with Crippen molar-refractivity contribution in [2.75, 3.05) is 0 Å². The Kier molecular flexibility index (Phi) is 2.82. The molecule has 0 saturated carbocycles. The lowest BCUT2D eigenvalue weighted by Crippen LogP contribution is -2.17. The predicted molar refractivity (Wildman–Crippen MR) is 53.0 cm³/mol. The fraction of sp³-hybridized carbons (Fsp3) is 0.400. The minimum absolute atomic E-state index is 0.0591. The number of nitrogens with zero attached hydrogens (tertiary/aromatic N) is 2. The van der Waals surface area contributed by atoms with E-state index in [9.17, 15) is 0 Å². The first-order valence-electron chi connectivity index (χ1n) is 4.79. The van der Waals surface area contributed by atoms with Crippen molar-refractivity contribution in [2.24, 2.45) is 0 Å². The second-order valence-corrected chi connectivity index (χ2v) is 3.38. The van der Waals surface area contributed by atoms with Crippen LogP contribution < -0.4 is 5.32 Å². The van der Waals surface area contributed by atoms with E-state index in [-0.39, 0.29) is 6.04 Å². The third kappa shape index (κ3) is 2.44. The summed E-state index contributed by atoms with van der Waals surface area (Å²) in [6.07, 6.45) is 4.81. The van der Waals surface area contributed by atoms with E-state index < -0.39 is 0 Å². The average Bonchev–Trinajstić information content (AvgIpc) is 2.84. The van der Waals surface area contributed by atoms with E-state index in [0.29, 0.717) is 12.4 Å². The van der Waals surface area contributed by atoms with Gasteiger partial charge in [-0.15, -0.1) is 0 Å². The molecule has 0 aromatic carbocycles. The van der Waals surface area contributed by atoms with E-state index in [1.54, 1.807) is 12.4 Å². The van der Waals surface area contributed by atoms with Gasteiger partial charge in [0.05, 0.1) is 25.0 Å². The first kappa shape index (κ1) is 9.92. The molecule has 2 aromatic rings. The second-order valence-electron chi connectivity index (χ2n) is 3.38. The Morgan fingerprint density at radius 2 is 2.33 bits per heavy atom. The van der Waals surface area contributed by atoms with E-state index in [4.69, 9.17) is 8.83 Å². The molecule has 1 N–H and O–H groups in total. The molecule has 1 unspecified atom stereocenters. The normalized spacial score (nSPS) is 12.9. The number of hydrogen-bond donors (Lipinski definition) is 1. The molecular formula is C10H13N3O2. The van der Waals surface area contributed by atoms with Gasteiger partial charge in [-0.1, -0.05) is 0 Å². The highest BCUT2D eigenvalue weighted by atomic mass is 16.4. The van der Waals surface area contributed by atoms with Gasteiger partial charge in [-0.2, -0.15) is 0 Å². The molecule has 5 nitrogen and oxygen atoms in total. The molecule has 0 bridgehead atoms. The Labute approximate surface area is 87.5 Å². The standard InChI is InChI=1S/C10H13N3O2/c1-7-3-13-10(15-7)8(2)12-5-9-4-11-6-14-9/h3-4,6,8,12H,5H2,1-2H3. The van der Waals surface area contributed by atoms with E-state index >= 15 is 0 Å². The van der Waals surface area contributed by atoms with Crippen LogP contribution in [0.15, 0.2) is 27.6 Å². The minimum atomic E-state index is 0.0591. The lowest BCUT2D eigenvalue weighted by molar-refractivity contribution is 0.386. The zero-order valence-electron chi connectivity index (χ0n) is 8.73. The number of nitrogens with one attached hydrogen (secondary N) is 1. The lowest BCUT2D eigenvalue weighted by Gasteiger charge is -2.07. The maximum absolute atomic E-state index is 5.40. The highest BCUT2D eigenvalue weighted by Gasteiger charge is 2.10. The van der Waals surface area contributed by atoms with Crippen molar-refractivity contribution in [1.82, 2.24) is 15.3 Å². The lowest BCUT2D eigenvalue weighted by atomic mass is 10.3. The SMILES string of the molecule is Cc1cnc(C(C)NCc2cnco2)o1. The molecule has 0 aliphatic heterocycles. The van der Waals surface area contributed by atoms with Crippen LogP contribution in [0.5, 0.6) is 0 Å². The monoisotopic (exact) mass is 207 g/mol. The summed E-state index contributed by atoms with van der Waals surface area (Å²) in [5, 5.41) is 3.22. The number of aryl methyl sites for hydroxylation is 1. The molecule has 1 atom stereocenters. The van der Waals surface area contributed by atoms with Gasteiger partial charge in [-0.05, 0) is 13.8 Å². The number of oxazole rings is 2. The van der Waals surface area contributed by atoms with Crippen LogP contribution in [0.3, 0.4) is 0 Å². The van der Waals surface area contributed by atoms with Crippen LogP contribution in [0.1, 0.15) is 30.4 Å². The Bertz CT molecular complexity index is 408. The van der Waals surface area contributed by atoms with Crippen molar-refractivity contribution in [3.05, 3.63) is 36.2 Å². The molecular weight excluding hydrogens is 194 g/mol. The summed E-state index contributed by atoms with van der Waals surface area (Å²) in [5.74, 6) is 2.30. The van der Waals surface area contributed by atoms with Gasteiger partial charge in [0.15, 0.2) is 6.39 Å². The van der Waals surface area contributed by atoms with Crippen LogP contribution in [-0.4, -0.2) is 9.97 Å². The van der Waals surface area contributed by atoms with Crippen molar-refractivity contribution in [1.29, 1.82) is 0 Å². The summed E-state index contributed by atoms with van der Waals surface area (Å²) >= 11 is 0. The molecule has 2 rings (SSSR count). The van der Waals surface area contributed by atoms with Crippen LogP contribution in [0.25, 0.3) is 0 Å². The van der Waals surface area contributed by atoms with Crippen LogP contribution in [0, 0.1) is 6.92 Å². The van der Waals surface area contributed by atoms with Gasteiger partial charge < -0.3 is 8.83 Å². The van der Waals surface area contributed by atoms with Gasteiger partial charge in [0.2, 0.25) is 5.89 Å². The maximum atomic E-state index is 5.40. The van der Waals surface area contributed by atoms with Crippen molar-refractivity contribution in [3.8, 4) is 0 Å². The molecule has 0 saturated heterocycles. The van der Waals surface area contributed by atoms with Crippen LogP contribution >= 0.6 is 0 Å². The highest BCUT2D eigenvalue weighted by molar-refractivity contribution is 4.96. The Hall–Kier alpha value is -1.62. The minimum Gasteiger partial charge on any atom is -0.447 e. The summed E-state index contributed by atoms with van der Waals surface area (Å²) in [6, 6.07) is 0.0591. The van der Waals surface area contributed by atoms with Gasteiger partial charge in [0.1, 0.15) is 11.5 Å². The molecule has 0 spiro atoms. The topological polar surface area (TPSA) is 64.1 Å². The Balaban J connectivity index is 1.90. The van der Waals surface area contributed by atoms with Gasteiger partial charge in [0, 0.05) is 0 Å². The molecule has 80 valence electrons. The van der Waals surface area contributed by atoms with Gasteiger partial charge in [-0.25, -0.2) is 9.97 Å². The summed E-state index contributed by atoms with van der Waals surface area (Å²) in [4.78, 5) is 7.97. The first-order valence-corrected chi connectivity index (χ1v) is 4.79. The molecule has 0 aliphatic carbocycles. The van der Waals surface area contributed by atoms with Crippen LogP contribution in [0.2, 0.25) is 0 Å². The Morgan fingerprint density at radius 1 is 1.47 bits per heavy atom. The summed E-state index contributed by atoms with van der Waals surface area (Å²) in [5.41, 5.74) is 0. The third-order valence-electron chi connectivity index (χ3n) is 2.08. The van der Waals surface area contributed by atoms with Gasteiger partial charge in [0.25, 0.3) is 0 Å². The van der Waals surface area contributed by atoms with E-state index in [1.807, 2.05) is 13.8 Å². The van der Waals surface area contributed by atoms with Crippen LogP contribution in [0.4, 0.5) is 0 Å². The summed E-state index contributed by atoms with van der Waals surface area (Å²) in [6.45, 7) is 4.48. The van der Waals surface area contributed by atoms with Crippen molar-refractivity contribution in [2.45, 2.75) is 26.4 Å². The predicted octanol–water partition coefficient (Wildman–Crippen LogP) is 1.82. The number of rotatable bonds is 4. The zero-order chi connectivity index (χ0) is 10.7. The maximum Gasteiger partial charge on any atom is 0.211 e. The van der Waals surface area contributed by atoms with E-state index in [2.05, 4.69) is 15.3 Å². The third-order valence-corrected chi connectivity index (χ3v) is 2.08. The molecule has 0 radical (unpaired) electrons. The van der Waals surface area contributed by atoms with E-state index in [0.717, 1.165) is 11.5 Å². The molecule has 2 aromatic heterocycles. The molecule has 0 fully saturated rings. The van der Waals surface area contributed by atoms with Gasteiger partial charge in [-0.3, -0.25) is 5.32 Å². The highest BCUT2D eigenvalue weighted by Crippen LogP contribution is 2.12. The fourth-order valence-corrected chi connectivity index (χ4v) is 1.24. The quantitative estimate of drug-likeness (QED) is 0.828. The van der Waals surface area contributed by atoms with Gasteiger partial charge >= 0.3 is 0 Å². The largest absolute Gasteiger partial charge is 0.447 e. The van der Waals surface area contributed by atoms with Crippen molar-refractivity contribution in [3.63, 3.8) is 0 Å². The second kappa shape index (κ2) is 4.27. The molecule has 0 amide bonds. The molecule has 5 heteroatoms. The number of hydrogen-bond acceptors (Lipinski definition) is 5. The van der Waals surface area contributed by atoms with Crippen molar-refractivity contribution >= 4 is 0 Å². The summed E-state index contributed by atoms with van der Waals surface area (Å²) < 4.78 is 10.5. The smallest absolute Gasteiger partial charge is 0.211 e. The molecule has 0 aliphatic rings. The molecule has 2 heterocycles. The van der Waals surface area contributed by atoms with Crippen LogP contribution in [-0.2, 0) is 6.54 Å². The van der Waals surface area contributed by atoms with Crippen molar-refractivity contribution < 1.29 is 8.83 Å². The average molecular weight is 207 g/mol.